The van der Waals surface area contributed by atoms with E-state index in [1.54, 1.807) is 19.2 Å². The third kappa shape index (κ3) is 4.96. The van der Waals surface area contributed by atoms with E-state index in [0.29, 0.717) is 5.56 Å². The first-order chi connectivity index (χ1) is 12.1. The van der Waals surface area contributed by atoms with Crippen molar-refractivity contribution >= 4 is 12.1 Å². The third-order valence-corrected chi connectivity index (χ3v) is 3.87. The fraction of sp³-hybridized carbons (Fsp3) is 0.471. The van der Waals surface area contributed by atoms with Crippen LogP contribution in [0, 0.1) is 6.92 Å². The number of hydrogen-bond donors (Lipinski definition) is 1. The molecule has 2 rings (SSSR count). The van der Waals surface area contributed by atoms with Gasteiger partial charge >= 0.3 is 6.18 Å². The summed E-state index contributed by atoms with van der Waals surface area (Å²) in [5.74, 6) is -0.273. The number of carbonyl (C=O) groups is 1. The minimum atomic E-state index is -4.42. The van der Waals surface area contributed by atoms with Gasteiger partial charge in [-0.3, -0.25) is 4.79 Å². The molecule has 1 aromatic heterocycles. The lowest BCUT2D eigenvalue weighted by Crippen LogP contribution is -2.47. The van der Waals surface area contributed by atoms with Gasteiger partial charge in [0.1, 0.15) is 0 Å². The molecular weight excluding hydrogens is 349 g/mol. The summed E-state index contributed by atoms with van der Waals surface area (Å²) in [4.78, 5) is 21.6. The Hall–Kier alpha value is -2.58. The van der Waals surface area contributed by atoms with E-state index in [-0.39, 0.29) is 17.8 Å². The molecule has 1 aromatic rings. The predicted molar refractivity (Wildman–Crippen MR) is 90.6 cm³/mol. The number of carbonyl (C=O) groups excluding carboxylic acids is 1. The summed E-state index contributed by atoms with van der Waals surface area (Å²) in [6, 6.07) is 1.50. The van der Waals surface area contributed by atoms with E-state index in [0.717, 1.165) is 11.3 Å². The van der Waals surface area contributed by atoms with Crippen LogP contribution in [0.4, 0.5) is 13.2 Å². The van der Waals surface area contributed by atoms with Crippen LogP contribution in [0.25, 0.3) is 0 Å². The highest BCUT2D eigenvalue weighted by Crippen LogP contribution is 2.30. The molecule has 142 valence electrons. The number of pyridine rings is 1. The highest BCUT2D eigenvalue weighted by atomic mass is 19.4. The number of halogens is 3. The van der Waals surface area contributed by atoms with Crippen molar-refractivity contribution < 1.29 is 22.7 Å². The van der Waals surface area contributed by atoms with Gasteiger partial charge in [0.15, 0.2) is 12.9 Å². The number of aliphatic imine (C=N–C) groups is 1. The van der Waals surface area contributed by atoms with Crippen LogP contribution in [-0.2, 0) is 4.79 Å². The molecule has 0 fully saturated rings. The maximum absolute atomic E-state index is 12.3. The zero-order valence-electron chi connectivity index (χ0n) is 15.0. The van der Waals surface area contributed by atoms with Gasteiger partial charge in [-0.2, -0.15) is 13.2 Å². The van der Waals surface area contributed by atoms with E-state index in [2.05, 4.69) is 15.3 Å². The van der Waals surface area contributed by atoms with E-state index in [4.69, 9.17) is 4.74 Å². The molecule has 0 radical (unpaired) electrons. The minimum Gasteiger partial charge on any atom is -0.468 e. The maximum atomic E-state index is 12.3. The van der Waals surface area contributed by atoms with Gasteiger partial charge in [-0.1, -0.05) is 0 Å². The standard InChI is InChI=1S/C17H21F3N4O2/c1-10-7-14(8-22-15(10)26-9-17(18,19)20)12(3)24-11(2)5-6-21-16(24)23-13(4)25/h5-8,12,16H,9H2,1-4H3,(H,23,25). The molecule has 9 heteroatoms. The zero-order chi connectivity index (χ0) is 19.5. The number of aromatic nitrogens is 1. The van der Waals surface area contributed by atoms with Crippen LogP contribution in [0.5, 0.6) is 5.88 Å². The van der Waals surface area contributed by atoms with Gasteiger partial charge in [0, 0.05) is 30.6 Å². The number of nitrogens with zero attached hydrogens (tertiary/aromatic N) is 3. The van der Waals surface area contributed by atoms with Gasteiger partial charge in [-0.15, -0.1) is 0 Å². The van der Waals surface area contributed by atoms with E-state index >= 15 is 0 Å². The Morgan fingerprint density at radius 2 is 2.12 bits per heavy atom. The van der Waals surface area contributed by atoms with Crippen molar-refractivity contribution in [2.75, 3.05) is 6.61 Å². The summed E-state index contributed by atoms with van der Waals surface area (Å²) in [5.41, 5.74) is 2.15. The molecular formula is C17H21F3N4O2. The quantitative estimate of drug-likeness (QED) is 0.865. The van der Waals surface area contributed by atoms with Crippen molar-refractivity contribution in [3.05, 3.63) is 35.2 Å². The van der Waals surface area contributed by atoms with Gasteiger partial charge in [-0.05, 0) is 38.5 Å². The Bertz CT molecular complexity index is 731. The normalized spacial score (nSPS) is 18.3. The minimum absolute atomic E-state index is 0.0550. The first-order valence-corrected chi connectivity index (χ1v) is 8.00. The Balaban J connectivity index is 2.21. The van der Waals surface area contributed by atoms with Crippen molar-refractivity contribution in [1.82, 2.24) is 15.2 Å². The fourth-order valence-electron chi connectivity index (χ4n) is 2.66. The van der Waals surface area contributed by atoms with Crippen molar-refractivity contribution in [3.63, 3.8) is 0 Å². The molecule has 2 unspecified atom stereocenters. The van der Waals surface area contributed by atoms with Gasteiger partial charge in [-0.25, -0.2) is 9.98 Å². The summed E-state index contributed by atoms with van der Waals surface area (Å²) >= 11 is 0. The molecule has 1 aliphatic heterocycles. The second-order valence-corrected chi connectivity index (χ2v) is 6.06. The second kappa shape index (κ2) is 7.76. The highest BCUT2D eigenvalue weighted by molar-refractivity contribution is 5.76. The first kappa shape index (κ1) is 19.7. The topological polar surface area (TPSA) is 66.8 Å². The molecule has 1 aliphatic rings. The molecule has 0 saturated heterocycles. The SMILES string of the molecule is CC(=O)NC1N=CC=C(C)N1C(C)c1cnc(OCC(F)(F)F)c(C)c1. The second-order valence-electron chi connectivity index (χ2n) is 6.06. The summed E-state index contributed by atoms with van der Waals surface area (Å²) in [6.07, 6.45) is -0.0693. The van der Waals surface area contributed by atoms with Gasteiger partial charge in [0.2, 0.25) is 11.8 Å². The lowest BCUT2D eigenvalue weighted by Gasteiger charge is -2.38. The smallest absolute Gasteiger partial charge is 0.422 e. The maximum Gasteiger partial charge on any atom is 0.422 e. The molecule has 2 heterocycles. The lowest BCUT2D eigenvalue weighted by molar-refractivity contribution is -0.154. The number of amides is 1. The lowest BCUT2D eigenvalue weighted by atomic mass is 10.1. The Kier molecular flexibility index (Phi) is 5.89. The first-order valence-electron chi connectivity index (χ1n) is 8.00. The summed E-state index contributed by atoms with van der Waals surface area (Å²) in [7, 11) is 0. The predicted octanol–water partition coefficient (Wildman–Crippen LogP) is 3.10. The molecule has 1 N–H and O–H groups in total. The van der Waals surface area contributed by atoms with Crippen LogP contribution in [0.3, 0.4) is 0 Å². The molecule has 2 atom stereocenters. The average molecular weight is 370 g/mol. The number of rotatable bonds is 5. The van der Waals surface area contributed by atoms with Crippen LogP contribution < -0.4 is 10.1 Å². The molecule has 0 saturated carbocycles. The molecule has 0 aromatic carbocycles. The fourth-order valence-corrected chi connectivity index (χ4v) is 2.66. The van der Waals surface area contributed by atoms with E-state index < -0.39 is 19.1 Å². The average Bonchev–Trinajstić information content (AvgIpc) is 2.52. The van der Waals surface area contributed by atoms with Crippen LogP contribution in [0.15, 0.2) is 29.0 Å². The Labute approximate surface area is 149 Å². The van der Waals surface area contributed by atoms with Crippen LogP contribution in [0.1, 0.15) is 37.9 Å². The summed E-state index contributed by atoms with van der Waals surface area (Å²) in [6.45, 7) is 5.45. The van der Waals surface area contributed by atoms with Gasteiger partial charge < -0.3 is 15.0 Å². The van der Waals surface area contributed by atoms with E-state index in [9.17, 15) is 18.0 Å². The molecule has 0 bridgehead atoms. The summed E-state index contributed by atoms with van der Waals surface area (Å²) in [5, 5.41) is 2.75. The van der Waals surface area contributed by atoms with Crippen molar-refractivity contribution in [3.8, 4) is 5.88 Å². The van der Waals surface area contributed by atoms with Crippen molar-refractivity contribution in [2.45, 2.75) is 46.2 Å². The van der Waals surface area contributed by atoms with E-state index in [1.807, 2.05) is 24.8 Å². The Morgan fingerprint density at radius 1 is 1.42 bits per heavy atom. The molecule has 6 nitrogen and oxygen atoms in total. The number of aryl methyl sites for hydroxylation is 1. The molecule has 1 amide bonds. The van der Waals surface area contributed by atoms with Gasteiger partial charge in [0.05, 0.1) is 6.04 Å². The van der Waals surface area contributed by atoms with Crippen molar-refractivity contribution in [1.29, 1.82) is 0 Å². The molecule has 0 spiro atoms. The zero-order valence-corrected chi connectivity index (χ0v) is 15.0. The number of alkyl halides is 3. The molecule has 26 heavy (non-hydrogen) atoms. The molecule has 0 aliphatic carbocycles. The number of ether oxygens (including phenoxy) is 1. The number of nitrogens with one attached hydrogen (secondary N) is 1. The largest absolute Gasteiger partial charge is 0.468 e. The van der Waals surface area contributed by atoms with E-state index in [1.165, 1.54) is 13.1 Å². The highest BCUT2D eigenvalue weighted by Gasteiger charge is 2.30. The third-order valence-electron chi connectivity index (χ3n) is 3.87. The summed E-state index contributed by atoms with van der Waals surface area (Å²) < 4.78 is 41.6. The van der Waals surface area contributed by atoms with Gasteiger partial charge in [0.25, 0.3) is 0 Å². The Morgan fingerprint density at radius 3 is 2.69 bits per heavy atom. The van der Waals surface area contributed by atoms with Crippen molar-refractivity contribution in [2.24, 2.45) is 4.99 Å². The number of hydrogen-bond acceptors (Lipinski definition) is 5. The van der Waals surface area contributed by atoms with Crippen LogP contribution >= 0.6 is 0 Å². The van der Waals surface area contributed by atoms with Crippen LogP contribution in [0.2, 0.25) is 0 Å². The number of allylic oxidation sites excluding steroid dienone is 2. The van der Waals surface area contributed by atoms with Crippen LogP contribution in [-0.4, -0.2) is 41.1 Å². The monoisotopic (exact) mass is 370 g/mol.